The van der Waals surface area contributed by atoms with Gasteiger partial charge in [0.25, 0.3) is 0 Å². The van der Waals surface area contributed by atoms with Gasteiger partial charge >= 0.3 is 0 Å². The second kappa shape index (κ2) is 6.80. The van der Waals surface area contributed by atoms with Gasteiger partial charge in [0.05, 0.1) is 24.3 Å². The number of thiazole rings is 1. The van der Waals surface area contributed by atoms with Gasteiger partial charge in [0.1, 0.15) is 0 Å². The summed E-state index contributed by atoms with van der Waals surface area (Å²) in [5.74, 6) is 2.02. The number of hydrogen-bond acceptors (Lipinski definition) is 5. The third kappa shape index (κ3) is 3.47. The summed E-state index contributed by atoms with van der Waals surface area (Å²) in [6, 6.07) is 5.98. The second-order valence-electron chi connectivity index (χ2n) is 5.23. The lowest BCUT2D eigenvalue weighted by Crippen LogP contribution is -2.05. The van der Waals surface area contributed by atoms with E-state index in [1.165, 1.54) is 0 Å². The summed E-state index contributed by atoms with van der Waals surface area (Å²) >= 11 is 1.62. The number of para-hydroxylation sites is 1. The van der Waals surface area contributed by atoms with E-state index in [-0.39, 0.29) is 0 Å². The topological polar surface area (TPSA) is 43.4 Å². The molecule has 0 amide bonds. The summed E-state index contributed by atoms with van der Waals surface area (Å²) in [6.45, 7) is 6.93. The Labute approximate surface area is 130 Å². The molecular weight excluding hydrogens is 284 g/mol. The molecule has 4 nitrogen and oxygen atoms in total. The number of aryl methyl sites for hydroxylation is 1. The first-order valence-corrected chi connectivity index (χ1v) is 7.83. The van der Waals surface area contributed by atoms with Crippen LogP contribution in [0.5, 0.6) is 11.5 Å². The number of nitrogens with one attached hydrogen (secondary N) is 1. The predicted octanol–water partition coefficient (Wildman–Crippen LogP) is 4.20. The molecule has 21 heavy (non-hydrogen) atoms. The van der Waals surface area contributed by atoms with E-state index in [1.54, 1.807) is 18.4 Å². The first-order valence-electron chi connectivity index (χ1n) is 7.02. The molecule has 0 atom stereocenters. The molecule has 0 saturated carbocycles. The molecule has 0 unspecified atom stereocenters. The molecule has 0 aliphatic heterocycles. The minimum atomic E-state index is 0.472. The quantitative estimate of drug-likeness (QED) is 0.868. The summed E-state index contributed by atoms with van der Waals surface area (Å²) < 4.78 is 11.5. The lowest BCUT2D eigenvalue weighted by atomic mass is 10.1. The largest absolute Gasteiger partial charge is 0.492 e. The van der Waals surface area contributed by atoms with Crippen LogP contribution in [0.15, 0.2) is 18.2 Å². The van der Waals surface area contributed by atoms with Crippen molar-refractivity contribution >= 4 is 16.5 Å². The van der Waals surface area contributed by atoms with Crippen molar-refractivity contribution in [1.82, 2.24) is 4.98 Å². The third-order valence-electron chi connectivity index (χ3n) is 3.01. The van der Waals surface area contributed by atoms with Crippen LogP contribution in [0.1, 0.15) is 19.5 Å². The molecule has 0 aliphatic carbocycles. The number of ether oxygens (including phenoxy) is 2. The number of methoxy groups -OCH3 is 1. The average molecular weight is 306 g/mol. The van der Waals surface area contributed by atoms with Crippen LogP contribution < -0.4 is 14.8 Å². The van der Waals surface area contributed by atoms with Crippen LogP contribution in [-0.4, -0.2) is 25.7 Å². The molecule has 1 aromatic heterocycles. The summed E-state index contributed by atoms with van der Waals surface area (Å²) in [5, 5.41) is 3.99. The van der Waals surface area contributed by atoms with Crippen molar-refractivity contribution in [3.8, 4) is 21.9 Å². The first kappa shape index (κ1) is 15.6. The number of aromatic nitrogens is 1. The first-order chi connectivity index (χ1) is 10.1. The van der Waals surface area contributed by atoms with E-state index in [2.05, 4.69) is 24.1 Å². The van der Waals surface area contributed by atoms with Gasteiger partial charge in [-0.15, -0.1) is 0 Å². The van der Waals surface area contributed by atoms with Gasteiger partial charge in [0.2, 0.25) is 0 Å². The summed E-state index contributed by atoms with van der Waals surface area (Å²) in [7, 11) is 3.55. The predicted molar refractivity (Wildman–Crippen MR) is 88.7 cm³/mol. The Hall–Kier alpha value is -1.75. The Morgan fingerprint density at radius 3 is 2.67 bits per heavy atom. The van der Waals surface area contributed by atoms with Crippen molar-refractivity contribution in [3.63, 3.8) is 0 Å². The molecule has 0 spiro atoms. The average Bonchev–Trinajstić information content (AvgIpc) is 2.85. The maximum Gasteiger partial charge on any atom is 0.183 e. The van der Waals surface area contributed by atoms with Crippen LogP contribution in [0.3, 0.4) is 0 Å². The molecule has 0 radical (unpaired) electrons. The highest BCUT2D eigenvalue weighted by Crippen LogP contribution is 2.42. The smallest absolute Gasteiger partial charge is 0.183 e. The molecule has 1 N–H and O–H groups in total. The molecule has 0 fully saturated rings. The second-order valence-corrected chi connectivity index (χ2v) is 6.22. The fourth-order valence-corrected chi connectivity index (χ4v) is 2.97. The molecular formula is C16H22N2O2S. The van der Waals surface area contributed by atoms with Crippen LogP contribution in [0, 0.1) is 12.8 Å². The number of hydrogen-bond donors (Lipinski definition) is 1. The SMILES string of the molecule is CNc1nc(C)c(-c2cccc(OCC(C)C)c2OC)s1. The zero-order valence-corrected chi connectivity index (χ0v) is 14.0. The maximum atomic E-state index is 5.87. The Kier molecular flexibility index (Phi) is 5.07. The lowest BCUT2D eigenvalue weighted by molar-refractivity contribution is 0.257. The van der Waals surface area contributed by atoms with E-state index in [0.717, 1.165) is 32.8 Å². The number of anilines is 1. The molecule has 2 rings (SSSR count). The van der Waals surface area contributed by atoms with Gasteiger partial charge in [-0.2, -0.15) is 0 Å². The zero-order valence-electron chi connectivity index (χ0n) is 13.2. The van der Waals surface area contributed by atoms with Crippen molar-refractivity contribution in [2.45, 2.75) is 20.8 Å². The molecule has 0 bridgehead atoms. The lowest BCUT2D eigenvalue weighted by Gasteiger charge is -2.15. The van der Waals surface area contributed by atoms with Gasteiger partial charge in [0.15, 0.2) is 16.6 Å². The van der Waals surface area contributed by atoms with Gasteiger partial charge in [0, 0.05) is 12.6 Å². The summed E-state index contributed by atoms with van der Waals surface area (Å²) in [6.07, 6.45) is 0. The fourth-order valence-electron chi connectivity index (χ4n) is 2.03. The summed E-state index contributed by atoms with van der Waals surface area (Å²) in [5.41, 5.74) is 2.01. The van der Waals surface area contributed by atoms with Gasteiger partial charge in [-0.05, 0) is 25.0 Å². The highest BCUT2D eigenvalue weighted by atomic mass is 32.1. The van der Waals surface area contributed by atoms with Crippen molar-refractivity contribution in [3.05, 3.63) is 23.9 Å². The molecule has 1 aromatic carbocycles. The van der Waals surface area contributed by atoms with Crippen molar-refractivity contribution < 1.29 is 9.47 Å². The Morgan fingerprint density at radius 1 is 1.33 bits per heavy atom. The highest BCUT2D eigenvalue weighted by molar-refractivity contribution is 7.19. The van der Waals surface area contributed by atoms with Gasteiger partial charge in [-0.1, -0.05) is 31.3 Å². The van der Waals surface area contributed by atoms with E-state index in [0.29, 0.717) is 12.5 Å². The van der Waals surface area contributed by atoms with Gasteiger partial charge in [-0.3, -0.25) is 0 Å². The monoisotopic (exact) mass is 306 g/mol. The third-order valence-corrected chi connectivity index (χ3v) is 4.22. The highest BCUT2D eigenvalue weighted by Gasteiger charge is 2.17. The van der Waals surface area contributed by atoms with Crippen LogP contribution in [0.2, 0.25) is 0 Å². The van der Waals surface area contributed by atoms with E-state index in [1.807, 2.05) is 32.2 Å². The standard InChI is InChI=1S/C16H22N2O2S/c1-10(2)9-20-13-8-6-7-12(14(13)19-5)15-11(3)18-16(17-4)21-15/h6-8,10H,9H2,1-5H3,(H,17,18). The number of benzene rings is 1. The Balaban J connectivity index is 2.43. The normalized spacial score (nSPS) is 10.8. The zero-order chi connectivity index (χ0) is 15.4. The van der Waals surface area contributed by atoms with E-state index >= 15 is 0 Å². The summed E-state index contributed by atoms with van der Waals surface area (Å²) in [4.78, 5) is 5.60. The number of nitrogens with zero attached hydrogens (tertiary/aromatic N) is 1. The van der Waals surface area contributed by atoms with E-state index in [9.17, 15) is 0 Å². The van der Waals surface area contributed by atoms with Crippen molar-refractivity contribution in [2.75, 3.05) is 26.1 Å². The molecule has 114 valence electrons. The molecule has 5 heteroatoms. The minimum Gasteiger partial charge on any atom is -0.492 e. The Morgan fingerprint density at radius 2 is 2.10 bits per heavy atom. The molecule has 0 aliphatic rings. The maximum absolute atomic E-state index is 5.87. The van der Waals surface area contributed by atoms with Crippen LogP contribution in [0.4, 0.5) is 5.13 Å². The Bertz CT molecular complexity index is 608. The van der Waals surface area contributed by atoms with E-state index < -0.39 is 0 Å². The fraction of sp³-hybridized carbons (Fsp3) is 0.438. The van der Waals surface area contributed by atoms with Gasteiger partial charge in [-0.25, -0.2) is 4.98 Å². The molecule has 1 heterocycles. The van der Waals surface area contributed by atoms with Crippen molar-refractivity contribution in [2.24, 2.45) is 5.92 Å². The van der Waals surface area contributed by atoms with Crippen LogP contribution in [-0.2, 0) is 0 Å². The molecule has 2 aromatic rings. The van der Waals surface area contributed by atoms with E-state index in [4.69, 9.17) is 9.47 Å². The van der Waals surface area contributed by atoms with Crippen molar-refractivity contribution in [1.29, 1.82) is 0 Å². The minimum absolute atomic E-state index is 0.472. The van der Waals surface area contributed by atoms with Gasteiger partial charge < -0.3 is 14.8 Å². The van der Waals surface area contributed by atoms with Crippen LogP contribution in [0.25, 0.3) is 10.4 Å². The molecule has 0 saturated heterocycles. The van der Waals surface area contributed by atoms with Crippen LogP contribution >= 0.6 is 11.3 Å². The number of rotatable bonds is 6.